The maximum absolute atomic E-state index is 9.25. The number of nitriles is 1. The molecule has 0 radical (unpaired) electrons. The molecule has 1 aromatic heterocycles. The molecule has 2 rings (SSSR count). The number of rotatable bonds is 4. The molecule has 1 atom stereocenters. The third-order valence-electron chi connectivity index (χ3n) is 2.90. The Morgan fingerprint density at radius 3 is 2.39 bits per heavy atom. The Hall–Kier alpha value is -1.66. The first kappa shape index (κ1) is 12.8. The number of aromatic nitrogens is 1. The van der Waals surface area contributed by atoms with Gasteiger partial charge >= 0.3 is 0 Å². The molecule has 1 heterocycles. The van der Waals surface area contributed by atoms with E-state index >= 15 is 0 Å². The van der Waals surface area contributed by atoms with Gasteiger partial charge in [-0.3, -0.25) is 4.98 Å². The molecule has 0 saturated carbocycles. The van der Waals surface area contributed by atoms with Crippen LogP contribution < -0.4 is 0 Å². The van der Waals surface area contributed by atoms with E-state index in [2.05, 4.69) is 27.0 Å². The van der Waals surface area contributed by atoms with E-state index in [4.69, 9.17) is 0 Å². The van der Waals surface area contributed by atoms with Crippen LogP contribution >= 0.6 is 15.9 Å². The second-order valence-electron chi connectivity index (χ2n) is 4.13. The first-order valence-electron chi connectivity index (χ1n) is 5.83. The van der Waals surface area contributed by atoms with Gasteiger partial charge in [-0.1, -0.05) is 28.1 Å². The fourth-order valence-electron chi connectivity index (χ4n) is 1.86. The van der Waals surface area contributed by atoms with Gasteiger partial charge in [0.2, 0.25) is 0 Å². The van der Waals surface area contributed by atoms with E-state index in [1.165, 1.54) is 5.56 Å². The van der Waals surface area contributed by atoms with E-state index in [1.807, 2.05) is 36.4 Å². The van der Waals surface area contributed by atoms with Gasteiger partial charge in [-0.25, -0.2) is 0 Å². The minimum atomic E-state index is -0.0498. The predicted octanol–water partition coefficient (Wildman–Crippen LogP) is 4.08. The second-order valence-corrected chi connectivity index (χ2v) is 5.04. The van der Waals surface area contributed by atoms with Crippen molar-refractivity contribution in [2.75, 3.05) is 0 Å². The van der Waals surface area contributed by atoms with E-state index < -0.39 is 0 Å². The summed E-state index contributed by atoms with van der Waals surface area (Å²) in [7, 11) is 0. The van der Waals surface area contributed by atoms with Gasteiger partial charge in [-0.2, -0.15) is 5.26 Å². The number of hydrogen-bond acceptors (Lipinski definition) is 2. The van der Waals surface area contributed by atoms with Crippen LogP contribution in [0.5, 0.6) is 0 Å². The lowest BCUT2D eigenvalue weighted by Gasteiger charge is -2.09. The number of benzene rings is 1. The highest BCUT2D eigenvalue weighted by Gasteiger charge is 2.10. The summed E-state index contributed by atoms with van der Waals surface area (Å²) >= 11 is 3.40. The molecule has 18 heavy (non-hydrogen) atoms. The smallest absolute Gasteiger partial charge is 0.0715 e. The Balaban J connectivity index is 2.02. The molecule has 0 fully saturated rings. The highest BCUT2D eigenvalue weighted by atomic mass is 79.9. The monoisotopic (exact) mass is 300 g/mol. The molecule has 0 amide bonds. The molecule has 0 aliphatic heterocycles. The zero-order chi connectivity index (χ0) is 12.8. The Morgan fingerprint density at radius 1 is 1.11 bits per heavy atom. The minimum absolute atomic E-state index is 0.0498. The fourth-order valence-corrected chi connectivity index (χ4v) is 2.13. The third kappa shape index (κ3) is 3.41. The van der Waals surface area contributed by atoms with Crippen molar-refractivity contribution in [3.8, 4) is 6.07 Å². The molecule has 90 valence electrons. The molecule has 0 N–H and O–H groups in total. The van der Waals surface area contributed by atoms with Gasteiger partial charge in [0.05, 0.1) is 12.0 Å². The van der Waals surface area contributed by atoms with Gasteiger partial charge in [0.25, 0.3) is 0 Å². The van der Waals surface area contributed by atoms with Gasteiger partial charge in [-0.15, -0.1) is 0 Å². The van der Waals surface area contributed by atoms with Crippen LogP contribution in [0.2, 0.25) is 0 Å². The lowest BCUT2D eigenvalue weighted by atomic mass is 9.94. The Kier molecular flexibility index (Phi) is 4.49. The van der Waals surface area contributed by atoms with Crippen LogP contribution in [0.1, 0.15) is 23.5 Å². The SMILES string of the molecule is N#CC(CCc1ccncc1)c1ccc(Br)cc1. The van der Waals surface area contributed by atoms with Gasteiger partial charge in [0.15, 0.2) is 0 Å². The summed E-state index contributed by atoms with van der Waals surface area (Å²) in [5.74, 6) is -0.0498. The molecule has 0 saturated heterocycles. The van der Waals surface area contributed by atoms with Gasteiger partial charge in [0.1, 0.15) is 0 Å². The molecule has 2 nitrogen and oxygen atoms in total. The Bertz CT molecular complexity index is 529. The molecule has 0 aliphatic carbocycles. The molecular formula is C15H13BrN2. The van der Waals surface area contributed by atoms with Crippen LogP contribution in [0.3, 0.4) is 0 Å². The Labute approximate surface area is 115 Å². The molecule has 0 aliphatic rings. The number of hydrogen-bond donors (Lipinski definition) is 0. The maximum Gasteiger partial charge on any atom is 0.0715 e. The van der Waals surface area contributed by atoms with Crippen molar-refractivity contribution in [1.29, 1.82) is 5.26 Å². The van der Waals surface area contributed by atoms with Crippen molar-refractivity contribution >= 4 is 15.9 Å². The van der Waals surface area contributed by atoms with E-state index in [-0.39, 0.29) is 5.92 Å². The summed E-state index contributed by atoms with van der Waals surface area (Å²) in [6.07, 6.45) is 5.31. The minimum Gasteiger partial charge on any atom is -0.265 e. The predicted molar refractivity (Wildman–Crippen MR) is 75.1 cm³/mol. The van der Waals surface area contributed by atoms with Crippen molar-refractivity contribution in [3.63, 3.8) is 0 Å². The van der Waals surface area contributed by atoms with Crippen molar-refractivity contribution in [1.82, 2.24) is 4.98 Å². The molecule has 0 bridgehead atoms. The number of halogens is 1. The largest absolute Gasteiger partial charge is 0.265 e. The normalized spacial score (nSPS) is 11.8. The average Bonchev–Trinajstić information content (AvgIpc) is 2.42. The number of aryl methyl sites for hydroxylation is 1. The van der Waals surface area contributed by atoms with Gasteiger partial charge < -0.3 is 0 Å². The Morgan fingerprint density at radius 2 is 1.78 bits per heavy atom. The summed E-state index contributed by atoms with van der Waals surface area (Å²) in [4.78, 5) is 3.99. The lowest BCUT2D eigenvalue weighted by Crippen LogP contribution is -1.98. The van der Waals surface area contributed by atoms with E-state index in [9.17, 15) is 5.26 Å². The van der Waals surface area contributed by atoms with Crippen molar-refractivity contribution in [2.45, 2.75) is 18.8 Å². The van der Waals surface area contributed by atoms with Crippen LogP contribution in [-0.2, 0) is 6.42 Å². The first-order chi connectivity index (χ1) is 8.79. The van der Waals surface area contributed by atoms with Crippen molar-refractivity contribution in [3.05, 3.63) is 64.4 Å². The van der Waals surface area contributed by atoms with Crippen molar-refractivity contribution in [2.24, 2.45) is 0 Å². The van der Waals surface area contributed by atoms with E-state index in [0.29, 0.717) is 0 Å². The topological polar surface area (TPSA) is 36.7 Å². The summed E-state index contributed by atoms with van der Waals surface area (Å²) in [6, 6.07) is 14.3. The standard InChI is InChI=1S/C15H13BrN2/c16-15-5-3-13(4-6-15)14(11-17)2-1-12-7-9-18-10-8-12/h3-10,14H,1-2H2. The highest BCUT2D eigenvalue weighted by Crippen LogP contribution is 2.22. The zero-order valence-electron chi connectivity index (χ0n) is 9.88. The van der Waals surface area contributed by atoms with Gasteiger partial charge in [0, 0.05) is 16.9 Å². The zero-order valence-corrected chi connectivity index (χ0v) is 11.5. The number of nitrogens with zero attached hydrogens (tertiary/aromatic N) is 2. The highest BCUT2D eigenvalue weighted by molar-refractivity contribution is 9.10. The molecule has 1 aromatic carbocycles. The first-order valence-corrected chi connectivity index (χ1v) is 6.63. The summed E-state index contributed by atoms with van der Waals surface area (Å²) in [5.41, 5.74) is 2.30. The third-order valence-corrected chi connectivity index (χ3v) is 3.43. The summed E-state index contributed by atoms with van der Waals surface area (Å²) < 4.78 is 1.04. The lowest BCUT2D eigenvalue weighted by molar-refractivity contribution is 0.745. The van der Waals surface area contributed by atoms with Gasteiger partial charge in [-0.05, 0) is 48.2 Å². The fraction of sp³-hybridized carbons (Fsp3) is 0.200. The summed E-state index contributed by atoms with van der Waals surface area (Å²) in [5, 5.41) is 9.25. The molecule has 2 aromatic rings. The second kappa shape index (κ2) is 6.32. The quantitative estimate of drug-likeness (QED) is 0.853. The van der Waals surface area contributed by atoms with Crippen LogP contribution in [0, 0.1) is 11.3 Å². The van der Waals surface area contributed by atoms with E-state index in [0.717, 1.165) is 22.9 Å². The van der Waals surface area contributed by atoms with Crippen molar-refractivity contribution < 1.29 is 0 Å². The van der Waals surface area contributed by atoms with Crippen LogP contribution in [0.25, 0.3) is 0 Å². The average molecular weight is 301 g/mol. The molecule has 3 heteroatoms. The number of pyridine rings is 1. The van der Waals surface area contributed by atoms with E-state index in [1.54, 1.807) is 12.4 Å². The molecule has 1 unspecified atom stereocenters. The maximum atomic E-state index is 9.25. The van der Waals surface area contributed by atoms with Crippen LogP contribution in [0.15, 0.2) is 53.3 Å². The molecular weight excluding hydrogens is 288 g/mol. The van der Waals surface area contributed by atoms with Crippen LogP contribution in [0.4, 0.5) is 0 Å². The summed E-state index contributed by atoms with van der Waals surface area (Å²) in [6.45, 7) is 0. The van der Waals surface area contributed by atoms with Crippen LogP contribution in [-0.4, -0.2) is 4.98 Å². The molecule has 0 spiro atoms.